The molecule has 0 aromatic carbocycles. The molecule has 146 valence electrons. The maximum Gasteiger partial charge on any atom is 0.0688 e. The molecule has 10 N–H and O–H groups in total. The maximum atomic E-state index is 11.4. The Kier molecular flexibility index (Phi) is 2.51. The van der Waals surface area contributed by atoms with E-state index >= 15 is 0 Å². The molecule has 8 fully saturated rings. The molecule has 26 heavy (non-hydrogen) atoms. The number of hydrogen-bond donors (Lipinski definition) is 6. The van der Waals surface area contributed by atoms with Gasteiger partial charge in [0.2, 0.25) is 0 Å². The van der Waals surface area contributed by atoms with Crippen LogP contribution in [0.3, 0.4) is 0 Å². The molecule has 0 spiro atoms. The lowest BCUT2D eigenvalue weighted by atomic mass is 9.30. The largest absolute Gasteiger partial charge is 0.390 e. The first-order valence-corrected chi connectivity index (χ1v) is 10.3. The fourth-order valence-corrected chi connectivity index (χ4v) is 10.6. The number of rotatable bonds is 1. The average Bonchev–Trinajstić information content (AvgIpc) is 2.25. The molecule has 4 atom stereocenters. The highest BCUT2D eigenvalue weighted by molar-refractivity contribution is 5.32. The van der Waals surface area contributed by atoms with Gasteiger partial charge in [-0.2, -0.15) is 0 Å². The van der Waals surface area contributed by atoms with Crippen LogP contribution in [0.15, 0.2) is 0 Å². The van der Waals surface area contributed by atoms with Crippen molar-refractivity contribution in [3.8, 4) is 0 Å². The summed E-state index contributed by atoms with van der Waals surface area (Å²) in [5, 5.41) is 22.8. The molecule has 8 aliphatic carbocycles. The van der Waals surface area contributed by atoms with Gasteiger partial charge in [0.15, 0.2) is 0 Å². The molecule has 0 amide bonds. The first-order valence-electron chi connectivity index (χ1n) is 10.3. The summed E-state index contributed by atoms with van der Waals surface area (Å²) in [5.74, 6) is 0. The number of aliphatic hydroxyl groups is 2. The predicted molar refractivity (Wildman–Crippen MR) is 97.8 cm³/mol. The molecule has 0 saturated heterocycles. The van der Waals surface area contributed by atoms with Crippen LogP contribution in [0.1, 0.15) is 77.0 Å². The van der Waals surface area contributed by atoms with E-state index in [1.54, 1.807) is 0 Å². The van der Waals surface area contributed by atoms with Crippen molar-refractivity contribution < 1.29 is 10.2 Å². The zero-order valence-electron chi connectivity index (χ0n) is 15.7. The minimum absolute atomic E-state index is 0.148. The summed E-state index contributed by atoms with van der Waals surface area (Å²) in [6.07, 6.45) is 9.29. The van der Waals surface area contributed by atoms with Gasteiger partial charge in [-0.3, -0.25) is 0 Å². The minimum Gasteiger partial charge on any atom is -0.390 e. The SMILES string of the molecule is NC12CC3(N)CC(O)(C1)CC(C14CC5(N)CC(N)(CC(O)(C5)C1)C4)(C2)C3. The van der Waals surface area contributed by atoms with Crippen molar-refractivity contribution in [2.24, 2.45) is 33.8 Å². The van der Waals surface area contributed by atoms with Crippen molar-refractivity contribution in [2.75, 3.05) is 0 Å². The lowest BCUT2D eigenvalue weighted by Gasteiger charge is -2.77. The summed E-state index contributed by atoms with van der Waals surface area (Å²) in [6, 6.07) is 0. The lowest BCUT2D eigenvalue weighted by molar-refractivity contribution is -0.278. The molecule has 8 saturated carbocycles. The molecule has 8 rings (SSSR count). The Balaban J connectivity index is 1.53. The van der Waals surface area contributed by atoms with E-state index in [0.717, 1.165) is 51.4 Å². The van der Waals surface area contributed by atoms with Crippen LogP contribution in [0.25, 0.3) is 0 Å². The fraction of sp³-hybridized carbons (Fsp3) is 1.00. The molecule has 8 aliphatic rings. The summed E-state index contributed by atoms with van der Waals surface area (Å²) >= 11 is 0. The van der Waals surface area contributed by atoms with Crippen LogP contribution in [0.4, 0.5) is 0 Å². The van der Waals surface area contributed by atoms with Crippen molar-refractivity contribution in [3.05, 3.63) is 0 Å². The molecule has 0 aromatic rings. The van der Waals surface area contributed by atoms with Gasteiger partial charge < -0.3 is 33.1 Å². The van der Waals surface area contributed by atoms with Crippen molar-refractivity contribution in [2.45, 2.75) is 110 Å². The normalized spacial score (nSPS) is 70.8. The molecule has 4 unspecified atom stereocenters. The standard InChI is InChI=1S/C20H34N4O2/c21-15-1-13(2-16(22,7-15)10-19(25,5-13)9-15)14-3-17(23)8-18(24,4-14)12-20(26,6-14)11-17/h25-26H,1-12,21-24H2. The van der Waals surface area contributed by atoms with E-state index in [2.05, 4.69) is 0 Å². The zero-order chi connectivity index (χ0) is 18.5. The number of nitrogens with two attached hydrogens (primary N) is 4. The van der Waals surface area contributed by atoms with E-state index in [4.69, 9.17) is 22.9 Å². The summed E-state index contributed by atoms with van der Waals surface area (Å²) < 4.78 is 0. The highest BCUT2D eigenvalue weighted by Gasteiger charge is 2.76. The van der Waals surface area contributed by atoms with Gasteiger partial charge in [0, 0.05) is 22.2 Å². The molecule has 6 nitrogen and oxygen atoms in total. The Morgan fingerprint density at radius 2 is 0.654 bits per heavy atom. The van der Waals surface area contributed by atoms with Gasteiger partial charge in [0.05, 0.1) is 11.2 Å². The third-order valence-corrected chi connectivity index (χ3v) is 9.35. The van der Waals surface area contributed by atoms with Gasteiger partial charge >= 0.3 is 0 Å². The van der Waals surface area contributed by atoms with Gasteiger partial charge in [0.1, 0.15) is 0 Å². The first kappa shape index (κ1) is 16.7. The van der Waals surface area contributed by atoms with Gasteiger partial charge in [-0.25, -0.2) is 0 Å². The van der Waals surface area contributed by atoms with Gasteiger partial charge in [-0.1, -0.05) is 0 Å². The third kappa shape index (κ3) is 1.89. The van der Waals surface area contributed by atoms with Crippen molar-refractivity contribution in [1.82, 2.24) is 0 Å². The van der Waals surface area contributed by atoms with E-state index in [9.17, 15) is 10.2 Å². The summed E-state index contributed by atoms with van der Waals surface area (Å²) in [7, 11) is 0. The van der Waals surface area contributed by atoms with Gasteiger partial charge in [0.25, 0.3) is 0 Å². The average molecular weight is 363 g/mol. The molecular weight excluding hydrogens is 328 g/mol. The van der Waals surface area contributed by atoms with Gasteiger partial charge in [-0.05, 0) is 87.9 Å². The first-order chi connectivity index (χ1) is 11.7. The summed E-state index contributed by atoms with van der Waals surface area (Å²) in [5.41, 5.74) is 23.9. The molecule has 0 aliphatic heterocycles. The Hall–Kier alpha value is -0.240. The van der Waals surface area contributed by atoms with Crippen LogP contribution in [0.2, 0.25) is 0 Å². The van der Waals surface area contributed by atoms with Crippen LogP contribution in [-0.2, 0) is 0 Å². The van der Waals surface area contributed by atoms with Crippen LogP contribution in [-0.4, -0.2) is 43.6 Å². The quantitative estimate of drug-likeness (QED) is 0.386. The summed E-state index contributed by atoms with van der Waals surface area (Å²) in [4.78, 5) is 0. The molecule has 0 aromatic heterocycles. The second-order valence-electron chi connectivity index (χ2n) is 12.6. The van der Waals surface area contributed by atoms with Crippen molar-refractivity contribution in [3.63, 3.8) is 0 Å². The maximum absolute atomic E-state index is 11.4. The van der Waals surface area contributed by atoms with E-state index in [1.165, 1.54) is 0 Å². The van der Waals surface area contributed by atoms with E-state index < -0.39 is 33.4 Å². The van der Waals surface area contributed by atoms with Crippen molar-refractivity contribution in [1.29, 1.82) is 0 Å². The van der Waals surface area contributed by atoms with E-state index in [-0.39, 0.29) is 10.8 Å². The van der Waals surface area contributed by atoms with Gasteiger partial charge in [-0.15, -0.1) is 0 Å². The fourth-order valence-electron chi connectivity index (χ4n) is 10.6. The predicted octanol–water partition coefficient (Wildman–Crippen LogP) is -0.0258. The molecular formula is C20H34N4O2. The Morgan fingerprint density at radius 1 is 0.385 bits per heavy atom. The van der Waals surface area contributed by atoms with E-state index in [1.807, 2.05) is 0 Å². The topological polar surface area (TPSA) is 145 Å². The smallest absolute Gasteiger partial charge is 0.0688 e. The minimum atomic E-state index is -0.770. The lowest BCUT2D eigenvalue weighted by Crippen LogP contribution is -2.82. The Morgan fingerprint density at radius 3 is 0.885 bits per heavy atom. The van der Waals surface area contributed by atoms with Crippen LogP contribution < -0.4 is 22.9 Å². The van der Waals surface area contributed by atoms with Crippen molar-refractivity contribution >= 4 is 0 Å². The monoisotopic (exact) mass is 362 g/mol. The highest BCUT2D eigenvalue weighted by atomic mass is 16.3. The number of hydrogen-bond acceptors (Lipinski definition) is 6. The molecule has 0 heterocycles. The second kappa shape index (κ2) is 3.91. The summed E-state index contributed by atoms with van der Waals surface area (Å²) in [6.45, 7) is 0. The zero-order valence-corrected chi connectivity index (χ0v) is 15.7. The highest BCUT2D eigenvalue weighted by Crippen LogP contribution is 2.76. The Bertz CT molecular complexity index is 556. The third-order valence-electron chi connectivity index (χ3n) is 9.35. The van der Waals surface area contributed by atoms with Crippen LogP contribution >= 0.6 is 0 Å². The van der Waals surface area contributed by atoms with Crippen LogP contribution in [0.5, 0.6) is 0 Å². The molecule has 0 radical (unpaired) electrons. The molecule has 8 bridgehead atoms. The molecule has 6 heteroatoms. The Labute approximate surface area is 155 Å². The van der Waals surface area contributed by atoms with Crippen LogP contribution in [0, 0.1) is 10.8 Å². The van der Waals surface area contributed by atoms with E-state index in [0.29, 0.717) is 25.7 Å². The second-order valence-corrected chi connectivity index (χ2v) is 12.6.